The Balaban J connectivity index is 1.18. The molecule has 3 aliphatic rings. The smallest absolute Gasteiger partial charge is 0.338 e. The minimum atomic E-state index is -0.574. The van der Waals surface area contributed by atoms with Crippen LogP contribution in [0.2, 0.25) is 10.0 Å². The van der Waals surface area contributed by atoms with E-state index in [0.29, 0.717) is 32.8 Å². The van der Waals surface area contributed by atoms with Crippen molar-refractivity contribution in [3.05, 3.63) is 68.9 Å². The van der Waals surface area contributed by atoms with Crippen molar-refractivity contribution in [2.45, 2.75) is 83.6 Å². The first kappa shape index (κ1) is 27.3. The number of aromatic nitrogens is 1. The Morgan fingerprint density at radius 2 is 1.85 bits per heavy atom. The molecule has 2 bridgehead atoms. The van der Waals surface area contributed by atoms with E-state index in [4.69, 9.17) is 37.2 Å². The van der Waals surface area contributed by atoms with Crippen molar-refractivity contribution >= 4 is 40.8 Å². The first-order valence-electron chi connectivity index (χ1n) is 13.7. The number of fused-ring (bicyclic) bond motifs is 2. The number of amides is 1. The Kier molecular flexibility index (Phi) is 6.96. The van der Waals surface area contributed by atoms with Gasteiger partial charge in [-0.05, 0) is 89.3 Å². The summed E-state index contributed by atoms with van der Waals surface area (Å²) in [6.07, 6.45) is 3.36. The van der Waals surface area contributed by atoms with Gasteiger partial charge in [0.15, 0.2) is 0 Å². The van der Waals surface area contributed by atoms with Gasteiger partial charge >= 0.3 is 5.97 Å². The number of rotatable bonds is 7. The molecule has 1 aliphatic heterocycles. The predicted octanol–water partition coefficient (Wildman–Crippen LogP) is 7.50. The van der Waals surface area contributed by atoms with Crippen LogP contribution in [-0.4, -0.2) is 34.8 Å². The SMILES string of the molecule is Cc1cc(C(=O)OC(C)(C)C)ccc1N1C(=O)[C@@H]2C[C@H]1C[C@H]2OCc1c(-c2c(Cl)cccc2Cl)noc1C1CC1. The van der Waals surface area contributed by atoms with Gasteiger partial charge in [0.05, 0.1) is 34.2 Å². The Morgan fingerprint density at radius 3 is 2.48 bits per heavy atom. The highest BCUT2D eigenvalue weighted by Crippen LogP contribution is 2.48. The molecular formula is C31H32Cl2N2O5. The summed E-state index contributed by atoms with van der Waals surface area (Å²) in [5.74, 6) is 0.595. The van der Waals surface area contributed by atoms with Crippen molar-refractivity contribution in [3.8, 4) is 11.3 Å². The van der Waals surface area contributed by atoms with Crippen molar-refractivity contribution in [3.63, 3.8) is 0 Å². The summed E-state index contributed by atoms with van der Waals surface area (Å²) in [5.41, 5.74) is 3.70. The van der Waals surface area contributed by atoms with Crippen molar-refractivity contribution in [1.82, 2.24) is 5.16 Å². The fourth-order valence-electron chi connectivity index (χ4n) is 5.93. The number of esters is 1. The Bertz CT molecular complexity index is 1470. The van der Waals surface area contributed by atoms with Crippen LogP contribution in [0, 0.1) is 12.8 Å². The molecule has 1 aromatic heterocycles. The summed E-state index contributed by atoms with van der Waals surface area (Å²) in [4.78, 5) is 28.0. The van der Waals surface area contributed by atoms with Gasteiger partial charge in [-0.3, -0.25) is 4.79 Å². The highest BCUT2D eigenvalue weighted by atomic mass is 35.5. The normalized spacial score (nSPS) is 22.3. The van der Waals surface area contributed by atoms with Crippen LogP contribution in [0.15, 0.2) is 40.9 Å². The monoisotopic (exact) mass is 582 g/mol. The fourth-order valence-corrected chi connectivity index (χ4v) is 6.51. The number of anilines is 1. The highest BCUT2D eigenvalue weighted by molar-refractivity contribution is 6.39. The largest absolute Gasteiger partial charge is 0.456 e. The van der Waals surface area contributed by atoms with Gasteiger partial charge in [0, 0.05) is 28.8 Å². The molecule has 1 saturated heterocycles. The van der Waals surface area contributed by atoms with Gasteiger partial charge in [-0.2, -0.15) is 0 Å². The van der Waals surface area contributed by atoms with E-state index >= 15 is 0 Å². The zero-order chi connectivity index (χ0) is 28.3. The second-order valence-electron chi connectivity index (χ2n) is 12.0. The Labute approximate surface area is 243 Å². The van der Waals surface area contributed by atoms with Gasteiger partial charge in [0.25, 0.3) is 0 Å². The average molecular weight is 584 g/mol. The molecular weight excluding hydrogens is 551 g/mol. The molecule has 3 fully saturated rings. The molecule has 3 atom stereocenters. The van der Waals surface area contributed by atoms with E-state index in [0.717, 1.165) is 48.3 Å². The van der Waals surface area contributed by atoms with E-state index in [2.05, 4.69) is 5.16 Å². The van der Waals surface area contributed by atoms with Gasteiger partial charge < -0.3 is 18.9 Å². The molecule has 2 aromatic carbocycles. The molecule has 3 aromatic rings. The molecule has 2 aliphatic carbocycles. The lowest BCUT2D eigenvalue weighted by atomic mass is 10.0. The van der Waals surface area contributed by atoms with Crippen LogP contribution in [-0.2, 0) is 20.9 Å². The van der Waals surface area contributed by atoms with Gasteiger partial charge in [0.1, 0.15) is 17.1 Å². The molecule has 1 amide bonds. The topological polar surface area (TPSA) is 81.9 Å². The number of carbonyl (C=O) groups excluding carboxylic acids is 2. The van der Waals surface area contributed by atoms with Crippen LogP contribution in [0.5, 0.6) is 0 Å². The minimum Gasteiger partial charge on any atom is -0.456 e. The Morgan fingerprint density at radius 1 is 1.12 bits per heavy atom. The number of hydrogen-bond acceptors (Lipinski definition) is 6. The number of ether oxygens (including phenoxy) is 2. The maximum atomic E-state index is 13.5. The molecule has 0 spiro atoms. The number of hydrogen-bond donors (Lipinski definition) is 0. The predicted molar refractivity (Wildman–Crippen MR) is 153 cm³/mol. The molecule has 0 unspecified atom stereocenters. The van der Waals surface area contributed by atoms with Crippen molar-refractivity contribution < 1.29 is 23.6 Å². The third-order valence-corrected chi connectivity index (χ3v) is 8.53. The average Bonchev–Trinajstić information content (AvgIpc) is 3.39. The van der Waals surface area contributed by atoms with E-state index in [1.54, 1.807) is 30.3 Å². The number of nitrogens with zero attached hydrogens (tertiary/aromatic N) is 2. The number of halogens is 2. The van der Waals surface area contributed by atoms with Crippen LogP contribution in [0.1, 0.15) is 79.6 Å². The maximum absolute atomic E-state index is 13.5. The van der Waals surface area contributed by atoms with E-state index < -0.39 is 5.60 Å². The lowest BCUT2D eigenvalue weighted by Gasteiger charge is -2.32. The maximum Gasteiger partial charge on any atom is 0.338 e. The van der Waals surface area contributed by atoms with Crippen molar-refractivity contribution in [2.75, 3.05) is 4.90 Å². The van der Waals surface area contributed by atoms with Crippen LogP contribution >= 0.6 is 23.2 Å². The first-order valence-corrected chi connectivity index (χ1v) is 14.5. The molecule has 40 heavy (non-hydrogen) atoms. The highest BCUT2D eigenvalue weighted by Gasteiger charge is 2.52. The van der Waals surface area contributed by atoms with Crippen molar-refractivity contribution in [2.24, 2.45) is 5.92 Å². The summed E-state index contributed by atoms with van der Waals surface area (Å²) >= 11 is 13.0. The summed E-state index contributed by atoms with van der Waals surface area (Å²) in [6, 6.07) is 10.8. The number of piperidine rings is 1. The molecule has 2 heterocycles. The van der Waals surface area contributed by atoms with Crippen LogP contribution in [0.25, 0.3) is 11.3 Å². The fraction of sp³-hybridized carbons (Fsp3) is 0.452. The third-order valence-electron chi connectivity index (χ3n) is 7.90. The van der Waals surface area contributed by atoms with E-state index in [-0.39, 0.29) is 36.5 Å². The molecule has 0 N–H and O–H groups in total. The third kappa shape index (κ3) is 5.04. The standard InChI is InChI=1S/C31H32Cl2N2O5/c1-16-12-18(30(37)39-31(2,3)4)10-11-24(16)35-19-13-20(29(35)36)25(14-19)38-15-21-27(34-40-28(21)17-8-9-17)26-22(32)6-5-7-23(26)33/h5-7,10-12,17,19-20,25H,8-9,13-15H2,1-4H3/t19-,20+,25+/m0/s1. The van der Waals surface area contributed by atoms with E-state index in [1.807, 2.05) is 38.7 Å². The summed E-state index contributed by atoms with van der Waals surface area (Å²) in [7, 11) is 0. The van der Waals surface area contributed by atoms with E-state index in [1.165, 1.54) is 0 Å². The zero-order valence-corrected chi connectivity index (χ0v) is 24.5. The van der Waals surface area contributed by atoms with Crippen LogP contribution in [0.4, 0.5) is 5.69 Å². The van der Waals surface area contributed by atoms with Gasteiger partial charge in [-0.15, -0.1) is 0 Å². The first-order chi connectivity index (χ1) is 19.0. The zero-order valence-electron chi connectivity index (χ0n) is 23.0. The second-order valence-corrected chi connectivity index (χ2v) is 12.9. The molecule has 6 rings (SSSR count). The minimum absolute atomic E-state index is 0.0384. The van der Waals surface area contributed by atoms with Gasteiger partial charge in [-0.1, -0.05) is 34.4 Å². The summed E-state index contributed by atoms with van der Waals surface area (Å²) in [5, 5.41) is 5.35. The van der Waals surface area contributed by atoms with Crippen LogP contribution in [0.3, 0.4) is 0 Å². The Hall–Kier alpha value is -2.87. The molecule has 210 valence electrons. The van der Waals surface area contributed by atoms with E-state index in [9.17, 15) is 9.59 Å². The number of carbonyl (C=O) groups is 2. The number of aryl methyl sites for hydroxylation is 1. The van der Waals surface area contributed by atoms with Gasteiger partial charge in [0.2, 0.25) is 5.91 Å². The summed E-state index contributed by atoms with van der Waals surface area (Å²) in [6.45, 7) is 7.71. The quantitative estimate of drug-likeness (QED) is 0.268. The van der Waals surface area contributed by atoms with Crippen LogP contribution < -0.4 is 4.90 Å². The summed E-state index contributed by atoms with van der Waals surface area (Å²) < 4.78 is 17.7. The molecule has 0 radical (unpaired) electrons. The van der Waals surface area contributed by atoms with Gasteiger partial charge in [-0.25, -0.2) is 4.79 Å². The lowest BCUT2D eigenvalue weighted by molar-refractivity contribution is -0.126. The molecule has 2 saturated carbocycles. The molecule has 7 nitrogen and oxygen atoms in total. The number of benzene rings is 2. The van der Waals surface area contributed by atoms with Crippen molar-refractivity contribution in [1.29, 1.82) is 0 Å². The second kappa shape index (κ2) is 10.2. The lowest BCUT2D eigenvalue weighted by Crippen LogP contribution is -2.43. The molecule has 9 heteroatoms.